The van der Waals surface area contributed by atoms with Crippen molar-refractivity contribution in [3.63, 3.8) is 0 Å². The maximum absolute atomic E-state index is 11.5. The molecular weight excluding hydrogens is 238 g/mol. The second-order valence-electron chi connectivity index (χ2n) is 3.63. The molecule has 17 heavy (non-hydrogen) atoms. The van der Waals surface area contributed by atoms with Crippen molar-refractivity contribution >= 4 is 23.4 Å². The van der Waals surface area contributed by atoms with Crippen molar-refractivity contribution in [2.45, 2.75) is 23.2 Å². The van der Waals surface area contributed by atoms with Crippen molar-refractivity contribution in [3.8, 4) is 0 Å². The maximum Gasteiger partial charge on any atom is 0.351 e. The molecule has 5 heteroatoms. The van der Waals surface area contributed by atoms with Gasteiger partial charge in [-0.1, -0.05) is 23.4 Å². The Labute approximate surface area is 104 Å². The summed E-state index contributed by atoms with van der Waals surface area (Å²) in [5.41, 5.74) is 0.800. The molecule has 0 N–H and O–H groups in total. The number of thioether (sulfide) groups is 1. The minimum absolute atomic E-state index is 0.121. The van der Waals surface area contributed by atoms with E-state index in [0.29, 0.717) is 0 Å². The predicted molar refractivity (Wildman–Crippen MR) is 66.1 cm³/mol. The summed E-state index contributed by atoms with van der Waals surface area (Å²) in [6.45, 7) is 1.85. The lowest BCUT2D eigenvalue weighted by Crippen LogP contribution is -2.33. The van der Waals surface area contributed by atoms with Crippen molar-refractivity contribution in [2.75, 3.05) is 7.11 Å². The van der Waals surface area contributed by atoms with Crippen molar-refractivity contribution in [3.05, 3.63) is 30.3 Å². The fraction of sp³-hybridized carbons (Fsp3) is 0.333. The fourth-order valence-electron chi connectivity index (χ4n) is 1.54. The van der Waals surface area contributed by atoms with Gasteiger partial charge in [0.25, 0.3) is 0 Å². The fourth-order valence-corrected chi connectivity index (χ4v) is 2.65. The van der Waals surface area contributed by atoms with Crippen LogP contribution in [0.1, 0.15) is 6.92 Å². The third kappa shape index (κ3) is 2.61. The molecule has 0 fully saturated rings. The molecule has 1 aromatic carbocycles. The first-order valence-electron chi connectivity index (χ1n) is 5.22. The van der Waals surface area contributed by atoms with Crippen molar-refractivity contribution in [2.24, 2.45) is 5.16 Å². The minimum atomic E-state index is -0.648. The Morgan fingerprint density at radius 2 is 2.12 bits per heavy atom. The van der Waals surface area contributed by atoms with Crippen LogP contribution in [0, 0.1) is 0 Å². The molecule has 0 radical (unpaired) electrons. The summed E-state index contributed by atoms with van der Waals surface area (Å²) in [5.74, 6) is -0.390. The molecule has 0 spiro atoms. The molecule has 2 unspecified atom stereocenters. The van der Waals surface area contributed by atoms with Gasteiger partial charge >= 0.3 is 5.97 Å². The highest BCUT2D eigenvalue weighted by Gasteiger charge is 2.39. The van der Waals surface area contributed by atoms with Crippen LogP contribution < -0.4 is 0 Å². The quantitative estimate of drug-likeness (QED) is 0.772. The standard InChI is InChI=1S/C12H13NO3S/c1-8-11(10(16-13-8)12(14)15-2)17-9-6-4-3-5-7-9/h3-7,10-11H,1-2H3. The highest BCUT2D eigenvalue weighted by atomic mass is 32.2. The van der Waals surface area contributed by atoms with Crippen LogP contribution in [-0.4, -0.2) is 30.1 Å². The van der Waals surface area contributed by atoms with Gasteiger partial charge in [-0.2, -0.15) is 0 Å². The Hall–Kier alpha value is -1.49. The summed E-state index contributed by atoms with van der Waals surface area (Å²) >= 11 is 1.55. The van der Waals surface area contributed by atoms with Crippen LogP contribution in [0.2, 0.25) is 0 Å². The Bertz CT molecular complexity index is 433. The number of hydrogen-bond donors (Lipinski definition) is 0. The Morgan fingerprint density at radius 1 is 1.41 bits per heavy atom. The number of benzene rings is 1. The van der Waals surface area contributed by atoms with Crippen LogP contribution in [0.4, 0.5) is 0 Å². The maximum atomic E-state index is 11.5. The van der Waals surface area contributed by atoms with E-state index in [-0.39, 0.29) is 11.2 Å². The SMILES string of the molecule is COC(=O)C1ON=C(C)C1Sc1ccccc1. The number of carbonyl (C=O) groups is 1. The van der Waals surface area contributed by atoms with Gasteiger partial charge in [-0.15, -0.1) is 11.8 Å². The number of hydrogen-bond acceptors (Lipinski definition) is 5. The average Bonchev–Trinajstić information content (AvgIpc) is 2.72. The molecule has 1 aliphatic heterocycles. The highest BCUT2D eigenvalue weighted by Crippen LogP contribution is 2.31. The van der Waals surface area contributed by atoms with Crippen LogP contribution in [0.5, 0.6) is 0 Å². The molecule has 0 aliphatic carbocycles. The number of carbonyl (C=O) groups excluding carboxylic acids is 1. The zero-order valence-corrected chi connectivity index (χ0v) is 10.4. The molecule has 2 rings (SSSR count). The third-order valence-corrected chi connectivity index (χ3v) is 3.82. The average molecular weight is 251 g/mol. The van der Waals surface area contributed by atoms with E-state index in [9.17, 15) is 4.79 Å². The van der Waals surface area contributed by atoms with Gasteiger partial charge in [0.15, 0.2) is 0 Å². The Kier molecular flexibility index (Phi) is 3.68. The molecule has 2 atom stereocenters. The van der Waals surface area contributed by atoms with Crippen LogP contribution in [0.25, 0.3) is 0 Å². The number of oxime groups is 1. The molecule has 0 amide bonds. The van der Waals surface area contributed by atoms with Gasteiger partial charge in [0.1, 0.15) is 5.25 Å². The van der Waals surface area contributed by atoms with Gasteiger partial charge < -0.3 is 9.57 Å². The molecular formula is C12H13NO3S. The van der Waals surface area contributed by atoms with Crippen molar-refractivity contribution in [1.82, 2.24) is 0 Å². The Morgan fingerprint density at radius 3 is 2.76 bits per heavy atom. The topological polar surface area (TPSA) is 47.9 Å². The second kappa shape index (κ2) is 5.23. The summed E-state index contributed by atoms with van der Waals surface area (Å²) in [7, 11) is 1.35. The summed E-state index contributed by atoms with van der Waals surface area (Å²) in [5, 5.41) is 3.74. The van der Waals surface area contributed by atoms with Gasteiger partial charge in [0.2, 0.25) is 6.10 Å². The third-order valence-electron chi connectivity index (χ3n) is 2.44. The lowest BCUT2D eigenvalue weighted by molar-refractivity contribution is -0.151. The van der Waals surface area contributed by atoms with Gasteiger partial charge in [0.05, 0.1) is 12.8 Å². The monoisotopic (exact) mass is 251 g/mol. The molecule has 0 aromatic heterocycles. The first kappa shape index (κ1) is 12.0. The zero-order chi connectivity index (χ0) is 12.3. The number of methoxy groups -OCH3 is 1. The van der Waals surface area contributed by atoms with Crippen LogP contribution in [0.3, 0.4) is 0 Å². The molecule has 4 nitrogen and oxygen atoms in total. The van der Waals surface area contributed by atoms with E-state index in [1.165, 1.54) is 7.11 Å². The molecule has 0 saturated heterocycles. The molecule has 1 aliphatic rings. The molecule has 1 heterocycles. The molecule has 1 aromatic rings. The molecule has 0 bridgehead atoms. The Balaban J connectivity index is 2.12. The normalized spacial score (nSPS) is 22.8. The smallest absolute Gasteiger partial charge is 0.351 e. The number of rotatable bonds is 3. The zero-order valence-electron chi connectivity index (χ0n) is 9.62. The second-order valence-corrected chi connectivity index (χ2v) is 4.85. The lowest BCUT2D eigenvalue weighted by Gasteiger charge is -2.15. The van der Waals surface area contributed by atoms with Gasteiger partial charge in [-0.05, 0) is 19.1 Å². The van der Waals surface area contributed by atoms with Crippen molar-refractivity contribution < 1.29 is 14.4 Å². The van der Waals surface area contributed by atoms with Crippen LogP contribution in [-0.2, 0) is 14.4 Å². The highest BCUT2D eigenvalue weighted by molar-refractivity contribution is 8.00. The minimum Gasteiger partial charge on any atom is -0.466 e. The van der Waals surface area contributed by atoms with Crippen LogP contribution >= 0.6 is 11.8 Å². The van der Waals surface area contributed by atoms with E-state index < -0.39 is 6.10 Å². The predicted octanol–water partition coefficient (Wildman–Crippen LogP) is 2.09. The van der Waals surface area contributed by atoms with Crippen LogP contribution in [0.15, 0.2) is 40.4 Å². The molecule has 0 saturated carbocycles. The molecule has 90 valence electrons. The first-order chi connectivity index (χ1) is 8.22. The van der Waals surface area contributed by atoms with E-state index in [0.717, 1.165) is 10.6 Å². The summed E-state index contributed by atoms with van der Waals surface area (Å²) in [6.07, 6.45) is -0.648. The van der Waals surface area contributed by atoms with Crippen molar-refractivity contribution in [1.29, 1.82) is 0 Å². The number of esters is 1. The van der Waals surface area contributed by atoms with E-state index in [1.807, 2.05) is 37.3 Å². The first-order valence-corrected chi connectivity index (χ1v) is 6.10. The largest absolute Gasteiger partial charge is 0.466 e. The lowest BCUT2D eigenvalue weighted by atomic mass is 10.2. The summed E-state index contributed by atoms with van der Waals surface area (Å²) in [4.78, 5) is 17.7. The summed E-state index contributed by atoms with van der Waals surface area (Å²) in [6, 6.07) is 9.85. The van der Waals surface area contributed by atoms with E-state index in [4.69, 9.17) is 9.57 Å². The number of ether oxygens (including phenoxy) is 1. The summed E-state index contributed by atoms with van der Waals surface area (Å²) < 4.78 is 4.70. The van der Waals surface area contributed by atoms with E-state index in [2.05, 4.69) is 5.16 Å². The van der Waals surface area contributed by atoms with E-state index in [1.54, 1.807) is 11.8 Å². The van der Waals surface area contributed by atoms with Gasteiger partial charge in [-0.25, -0.2) is 4.79 Å². The van der Waals surface area contributed by atoms with Gasteiger partial charge in [0, 0.05) is 4.90 Å². The number of nitrogens with zero attached hydrogens (tertiary/aromatic N) is 1. The van der Waals surface area contributed by atoms with Gasteiger partial charge in [-0.3, -0.25) is 0 Å². The van der Waals surface area contributed by atoms with E-state index >= 15 is 0 Å².